The second-order valence-corrected chi connectivity index (χ2v) is 6.93. The van der Waals surface area contributed by atoms with E-state index in [1.54, 1.807) is 6.07 Å². The van der Waals surface area contributed by atoms with Crippen LogP contribution in [-0.2, 0) is 0 Å². The minimum atomic E-state index is -0.888. The van der Waals surface area contributed by atoms with Crippen molar-refractivity contribution in [2.75, 3.05) is 5.32 Å². The maximum Gasteiger partial charge on any atom is 0.337 e. The topological polar surface area (TPSA) is 49.3 Å². The van der Waals surface area contributed by atoms with Crippen LogP contribution in [0.2, 0.25) is 0 Å². The lowest BCUT2D eigenvalue weighted by atomic mass is 9.76. The second kappa shape index (κ2) is 5.53. The molecule has 0 saturated carbocycles. The highest BCUT2D eigenvalue weighted by Gasteiger charge is 2.39. The number of benzene rings is 2. The van der Waals surface area contributed by atoms with Crippen LogP contribution >= 0.6 is 15.9 Å². The van der Waals surface area contributed by atoms with E-state index in [1.165, 1.54) is 5.56 Å². The summed E-state index contributed by atoms with van der Waals surface area (Å²) < 4.78 is 1.06. The van der Waals surface area contributed by atoms with E-state index in [0.717, 1.165) is 22.1 Å². The molecule has 3 nitrogen and oxygen atoms in total. The van der Waals surface area contributed by atoms with Crippen molar-refractivity contribution >= 4 is 27.6 Å². The standard InChI is InChI=1S/C19H16BrNO2/c20-16-10-2-1-5-14(16)17-12-7-3-6-11(12)13-8-4-9-15(19(22)23)18(13)21-17/h1-6,8-12,17,21H,7H2,(H,22,23)/t11-,12-,17+/m1/s1. The first-order valence-electron chi connectivity index (χ1n) is 7.70. The van der Waals surface area contributed by atoms with Crippen molar-refractivity contribution in [3.05, 3.63) is 75.8 Å². The molecule has 4 heteroatoms. The third kappa shape index (κ3) is 2.29. The lowest BCUT2D eigenvalue weighted by Crippen LogP contribution is -2.30. The second-order valence-electron chi connectivity index (χ2n) is 6.07. The highest BCUT2D eigenvalue weighted by Crippen LogP contribution is 2.51. The van der Waals surface area contributed by atoms with E-state index in [4.69, 9.17) is 0 Å². The molecule has 0 spiro atoms. The van der Waals surface area contributed by atoms with Crippen molar-refractivity contribution in [2.24, 2.45) is 5.92 Å². The van der Waals surface area contributed by atoms with E-state index < -0.39 is 5.97 Å². The summed E-state index contributed by atoms with van der Waals surface area (Å²) in [5.74, 6) is -0.214. The lowest BCUT2D eigenvalue weighted by molar-refractivity contribution is 0.0697. The quantitative estimate of drug-likeness (QED) is 0.734. The Hall–Kier alpha value is -2.07. The van der Waals surface area contributed by atoms with E-state index in [0.29, 0.717) is 11.5 Å². The van der Waals surface area contributed by atoms with Crippen molar-refractivity contribution in [2.45, 2.75) is 18.4 Å². The summed E-state index contributed by atoms with van der Waals surface area (Å²) in [7, 11) is 0. The molecule has 116 valence electrons. The smallest absolute Gasteiger partial charge is 0.337 e. The molecule has 0 bridgehead atoms. The first-order chi connectivity index (χ1) is 11.2. The minimum Gasteiger partial charge on any atom is -0.478 e. The summed E-state index contributed by atoms with van der Waals surface area (Å²) in [5.41, 5.74) is 3.37. The number of carboxylic acids is 1. The maximum atomic E-state index is 11.6. The van der Waals surface area contributed by atoms with Crippen LogP contribution < -0.4 is 5.32 Å². The number of nitrogens with one attached hydrogen (secondary N) is 1. The van der Waals surface area contributed by atoms with Gasteiger partial charge in [-0.1, -0.05) is 58.4 Å². The highest BCUT2D eigenvalue weighted by molar-refractivity contribution is 9.10. The fourth-order valence-corrected chi connectivity index (χ4v) is 4.37. The third-order valence-electron chi connectivity index (χ3n) is 4.87. The number of anilines is 1. The predicted molar refractivity (Wildman–Crippen MR) is 93.9 cm³/mol. The van der Waals surface area contributed by atoms with Crippen LogP contribution in [0.3, 0.4) is 0 Å². The normalized spacial score (nSPS) is 24.7. The van der Waals surface area contributed by atoms with E-state index in [9.17, 15) is 9.90 Å². The van der Waals surface area contributed by atoms with Gasteiger partial charge in [-0.05, 0) is 35.6 Å². The first-order valence-corrected chi connectivity index (χ1v) is 8.50. The van der Waals surface area contributed by atoms with Gasteiger partial charge in [0.15, 0.2) is 0 Å². The highest BCUT2D eigenvalue weighted by atomic mass is 79.9. The molecule has 1 heterocycles. The lowest BCUT2D eigenvalue weighted by Gasteiger charge is -2.38. The van der Waals surface area contributed by atoms with Gasteiger partial charge in [-0.15, -0.1) is 0 Å². The predicted octanol–water partition coefficient (Wildman–Crippen LogP) is 4.97. The van der Waals surface area contributed by atoms with Crippen molar-refractivity contribution in [1.82, 2.24) is 0 Å². The number of aromatic carboxylic acids is 1. The minimum absolute atomic E-state index is 0.0959. The summed E-state index contributed by atoms with van der Waals surface area (Å²) in [6, 6.07) is 13.8. The monoisotopic (exact) mass is 369 g/mol. The molecule has 2 N–H and O–H groups in total. The Bertz CT molecular complexity index is 815. The average Bonchev–Trinajstić information content (AvgIpc) is 3.04. The number of hydrogen-bond donors (Lipinski definition) is 2. The SMILES string of the molecule is O=C(O)c1cccc2c1N[C@H](c1ccccc1Br)[C@@H]1CC=C[C@@H]21. The Morgan fingerprint density at radius 3 is 2.70 bits per heavy atom. The number of allylic oxidation sites excluding steroid dienone is 2. The van der Waals surface area contributed by atoms with Crippen LogP contribution in [0.25, 0.3) is 0 Å². The molecular formula is C19H16BrNO2. The summed E-state index contributed by atoms with van der Waals surface area (Å²) in [6.07, 6.45) is 5.43. The van der Waals surface area contributed by atoms with Gasteiger partial charge >= 0.3 is 5.97 Å². The molecule has 1 aliphatic heterocycles. The Labute approximate surface area is 143 Å². The van der Waals surface area contributed by atoms with E-state index >= 15 is 0 Å². The van der Waals surface area contributed by atoms with Gasteiger partial charge in [-0.2, -0.15) is 0 Å². The molecule has 0 saturated heterocycles. The maximum absolute atomic E-state index is 11.6. The zero-order chi connectivity index (χ0) is 16.0. The van der Waals surface area contributed by atoms with Gasteiger partial charge in [0.05, 0.1) is 17.3 Å². The Morgan fingerprint density at radius 2 is 1.91 bits per heavy atom. The van der Waals surface area contributed by atoms with Crippen molar-refractivity contribution < 1.29 is 9.90 Å². The van der Waals surface area contributed by atoms with Gasteiger partial charge in [0, 0.05) is 10.4 Å². The fraction of sp³-hybridized carbons (Fsp3) is 0.211. The van der Waals surface area contributed by atoms with Crippen molar-refractivity contribution in [3.8, 4) is 0 Å². The van der Waals surface area contributed by atoms with Crippen LogP contribution in [0.1, 0.15) is 39.9 Å². The van der Waals surface area contributed by atoms with Crippen LogP contribution in [0.5, 0.6) is 0 Å². The van der Waals surface area contributed by atoms with Crippen LogP contribution in [-0.4, -0.2) is 11.1 Å². The molecular weight excluding hydrogens is 354 g/mol. The molecule has 3 atom stereocenters. The van der Waals surface area contributed by atoms with Crippen LogP contribution in [0.4, 0.5) is 5.69 Å². The molecule has 0 radical (unpaired) electrons. The summed E-state index contributed by atoms with van der Waals surface area (Å²) in [5, 5.41) is 13.1. The van der Waals surface area contributed by atoms with Gasteiger partial charge < -0.3 is 10.4 Å². The zero-order valence-corrected chi connectivity index (χ0v) is 14.0. The van der Waals surface area contributed by atoms with E-state index in [-0.39, 0.29) is 12.0 Å². The van der Waals surface area contributed by atoms with E-state index in [1.807, 2.05) is 30.3 Å². The average molecular weight is 370 g/mol. The number of hydrogen-bond acceptors (Lipinski definition) is 2. The number of carbonyl (C=O) groups is 1. The summed E-state index contributed by atoms with van der Waals surface area (Å²) in [4.78, 5) is 11.6. The van der Waals surface area contributed by atoms with Gasteiger partial charge in [-0.3, -0.25) is 0 Å². The largest absolute Gasteiger partial charge is 0.478 e. The van der Waals surface area contributed by atoms with Crippen molar-refractivity contribution in [1.29, 1.82) is 0 Å². The number of fused-ring (bicyclic) bond motifs is 3. The molecule has 2 aromatic rings. The van der Waals surface area contributed by atoms with Gasteiger partial charge in [0.2, 0.25) is 0 Å². The third-order valence-corrected chi connectivity index (χ3v) is 5.59. The molecule has 0 fully saturated rings. The zero-order valence-electron chi connectivity index (χ0n) is 12.4. The van der Waals surface area contributed by atoms with Crippen molar-refractivity contribution in [3.63, 3.8) is 0 Å². The number of para-hydroxylation sites is 1. The molecule has 0 aromatic heterocycles. The molecule has 4 rings (SSSR count). The Balaban J connectivity index is 1.87. The number of carboxylic acid groups (broad SMARTS) is 1. The Kier molecular flexibility index (Phi) is 3.49. The van der Waals surface area contributed by atoms with Gasteiger partial charge in [-0.25, -0.2) is 4.79 Å². The van der Waals surface area contributed by atoms with Crippen LogP contribution in [0.15, 0.2) is 59.1 Å². The first kappa shape index (κ1) is 14.5. The molecule has 2 aliphatic rings. The molecule has 2 aromatic carbocycles. The van der Waals surface area contributed by atoms with Gasteiger partial charge in [0.1, 0.15) is 0 Å². The van der Waals surface area contributed by atoms with E-state index in [2.05, 4.69) is 39.5 Å². The van der Waals surface area contributed by atoms with Crippen LogP contribution in [0, 0.1) is 5.92 Å². The molecule has 23 heavy (non-hydrogen) atoms. The summed E-state index contributed by atoms with van der Waals surface area (Å²) in [6.45, 7) is 0. The molecule has 0 amide bonds. The molecule has 1 aliphatic carbocycles. The van der Waals surface area contributed by atoms with Gasteiger partial charge in [0.25, 0.3) is 0 Å². The number of rotatable bonds is 2. The molecule has 0 unspecified atom stereocenters. The summed E-state index contributed by atoms with van der Waals surface area (Å²) >= 11 is 3.64. The Morgan fingerprint density at radius 1 is 1.13 bits per heavy atom. The number of halogens is 1. The fourth-order valence-electron chi connectivity index (χ4n) is 3.83.